The molecule has 144 valence electrons. The molecule has 0 aromatic heterocycles. The van der Waals surface area contributed by atoms with Crippen LogP contribution in [0.5, 0.6) is 0 Å². The zero-order chi connectivity index (χ0) is 19.8. The van der Waals surface area contributed by atoms with Gasteiger partial charge < -0.3 is 5.32 Å². The van der Waals surface area contributed by atoms with Gasteiger partial charge in [-0.1, -0.05) is 29.8 Å². The number of carbonyl (C=O) groups is 1. The van der Waals surface area contributed by atoms with Crippen molar-refractivity contribution < 1.29 is 13.2 Å². The summed E-state index contributed by atoms with van der Waals surface area (Å²) in [5, 5.41) is 3.24. The third-order valence-electron chi connectivity index (χ3n) is 5.03. The number of sulfonamides is 1. The first kappa shape index (κ1) is 19.7. The molecule has 2 aromatic carbocycles. The molecule has 2 aromatic rings. The van der Waals surface area contributed by atoms with Crippen LogP contribution in [0.4, 0.5) is 5.69 Å². The predicted octanol–water partition coefficient (Wildman–Crippen LogP) is 3.72. The highest BCUT2D eigenvalue weighted by molar-refractivity contribution is 7.92. The summed E-state index contributed by atoms with van der Waals surface area (Å²) < 4.78 is 24.6. The van der Waals surface area contributed by atoms with Crippen LogP contribution >= 0.6 is 11.6 Å². The molecule has 0 fully saturated rings. The van der Waals surface area contributed by atoms with Gasteiger partial charge in [-0.15, -0.1) is 0 Å². The summed E-state index contributed by atoms with van der Waals surface area (Å²) in [7, 11) is -1.99. The van der Waals surface area contributed by atoms with Gasteiger partial charge in [0, 0.05) is 7.05 Å². The van der Waals surface area contributed by atoms with E-state index >= 15 is 0 Å². The molecule has 1 atom stereocenters. The number of carbonyl (C=O) groups excluding carboxylic acids is 1. The van der Waals surface area contributed by atoms with Gasteiger partial charge in [0.05, 0.1) is 28.6 Å². The normalized spacial score (nSPS) is 14.5. The summed E-state index contributed by atoms with van der Waals surface area (Å²) in [4.78, 5) is 12.7. The third kappa shape index (κ3) is 4.28. The Labute approximate surface area is 165 Å². The van der Waals surface area contributed by atoms with Crippen molar-refractivity contribution in [2.24, 2.45) is 0 Å². The largest absolute Gasteiger partial charge is 0.345 e. The van der Waals surface area contributed by atoms with E-state index in [1.54, 1.807) is 6.07 Å². The second-order valence-corrected chi connectivity index (χ2v) is 9.39. The summed E-state index contributed by atoms with van der Waals surface area (Å²) in [5.41, 5.74) is 4.42. The number of benzene rings is 2. The topological polar surface area (TPSA) is 66.5 Å². The zero-order valence-electron chi connectivity index (χ0n) is 15.6. The minimum Gasteiger partial charge on any atom is -0.345 e. The quantitative estimate of drug-likeness (QED) is 0.822. The molecule has 0 saturated heterocycles. The number of hydrogen-bond donors (Lipinski definition) is 1. The zero-order valence-corrected chi connectivity index (χ0v) is 17.2. The fraction of sp³-hybridized carbons (Fsp3) is 0.350. The standard InChI is InChI=1S/C20H23ClN2O3S/c1-13(15-8-7-14-5-4-6-16(14)11-15)22-20(24)18-12-17(9-10-19(18)21)23(2)27(3,25)26/h7-13H,4-6H2,1-3H3,(H,22,24)/t13-/m1/s1. The SMILES string of the molecule is C[C@@H](NC(=O)c1cc(N(C)S(C)(=O)=O)ccc1Cl)c1ccc2c(c1)CCC2. The Morgan fingerprint density at radius 2 is 1.85 bits per heavy atom. The lowest BCUT2D eigenvalue weighted by Crippen LogP contribution is -2.28. The van der Waals surface area contributed by atoms with Crippen molar-refractivity contribution in [3.8, 4) is 0 Å². The lowest BCUT2D eigenvalue weighted by Gasteiger charge is -2.19. The van der Waals surface area contributed by atoms with Crippen molar-refractivity contribution in [3.05, 3.63) is 63.7 Å². The van der Waals surface area contributed by atoms with E-state index in [-0.39, 0.29) is 22.5 Å². The molecule has 0 unspecified atom stereocenters. The van der Waals surface area contributed by atoms with E-state index in [1.165, 1.54) is 36.7 Å². The lowest BCUT2D eigenvalue weighted by atomic mass is 10.0. The van der Waals surface area contributed by atoms with E-state index in [0.29, 0.717) is 5.69 Å². The Bertz CT molecular complexity index is 989. The van der Waals surface area contributed by atoms with Crippen LogP contribution in [-0.2, 0) is 22.9 Å². The van der Waals surface area contributed by atoms with E-state index in [4.69, 9.17) is 11.6 Å². The first-order valence-electron chi connectivity index (χ1n) is 8.83. The summed E-state index contributed by atoms with van der Waals surface area (Å²) >= 11 is 6.19. The van der Waals surface area contributed by atoms with Crippen LogP contribution in [0.25, 0.3) is 0 Å². The molecule has 1 aliphatic carbocycles. The molecule has 1 aliphatic rings. The van der Waals surface area contributed by atoms with Gasteiger partial charge in [0.15, 0.2) is 0 Å². The molecule has 0 spiro atoms. The number of hydrogen-bond acceptors (Lipinski definition) is 3. The molecule has 5 nitrogen and oxygen atoms in total. The molecule has 7 heteroatoms. The first-order valence-corrected chi connectivity index (χ1v) is 11.1. The van der Waals surface area contributed by atoms with Crippen LogP contribution in [0.3, 0.4) is 0 Å². The Morgan fingerprint density at radius 1 is 1.15 bits per heavy atom. The van der Waals surface area contributed by atoms with Gasteiger partial charge >= 0.3 is 0 Å². The lowest BCUT2D eigenvalue weighted by molar-refractivity contribution is 0.0940. The molecule has 0 bridgehead atoms. The van der Waals surface area contributed by atoms with Crippen LogP contribution in [0.2, 0.25) is 5.02 Å². The number of amides is 1. The van der Waals surface area contributed by atoms with E-state index in [9.17, 15) is 13.2 Å². The summed E-state index contributed by atoms with van der Waals surface area (Å²) in [5.74, 6) is -0.336. The number of rotatable bonds is 5. The highest BCUT2D eigenvalue weighted by Crippen LogP contribution is 2.27. The van der Waals surface area contributed by atoms with Crippen molar-refractivity contribution in [2.75, 3.05) is 17.6 Å². The van der Waals surface area contributed by atoms with Crippen LogP contribution in [-0.4, -0.2) is 27.6 Å². The smallest absolute Gasteiger partial charge is 0.253 e. The summed E-state index contributed by atoms with van der Waals surface area (Å²) in [6, 6.07) is 10.8. The average molecular weight is 407 g/mol. The van der Waals surface area contributed by atoms with Gasteiger partial charge in [-0.05, 0) is 61.1 Å². The molecular weight excluding hydrogens is 384 g/mol. The molecule has 3 rings (SSSR count). The molecular formula is C20H23ClN2O3S. The van der Waals surface area contributed by atoms with Gasteiger partial charge in [0.2, 0.25) is 10.0 Å². The van der Waals surface area contributed by atoms with Gasteiger partial charge in [0.25, 0.3) is 5.91 Å². The minimum absolute atomic E-state index is 0.184. The second-order valence-electron chi connectivity index (χ2n) is 6.97. The maximum absolute atomic E-state index is 12.7. The van der Waals surface area contributed by atoms with E-state index in [0.717, 1.165) is 29.0 Å². The number of nitrogens with zero attached hydrogens (tertiary/aromatic N) is 1. The van der Waals surface area contributed by atoms with Gasteiger partial charge in [0.1, 0.15) is 0 Å². The summed E-state index contributed by atoms with van der Waals surface area (Å²) in [6.45, 7) is 1.93. The van der Waals surface area contributed by atoms with Gasteiger partial charge in [-0.3, -0.25) is 9.10 Å². The van der Waals surface area contributed by atoms with Crippen molar-refractivity contribution in [3.63, 3.8) is 0 Å². The number of aryl methyl sites for hydroxylation is 2. The number of anilines is 1. The first-order chi connectivity index (χ1) is 12.7. The minimum atomic E-state index is -3.42. The van der Waals surface area contributed by atoms with Gasteiger partial charge in [-0.25, -0.2) is 8.42 Å². The molecule has 1 amide bonds. The third-order valence-corrected chi connectivity index (χ3v) is 6.56. The predicted molar refractivity (Wildman–Crippen MR) is 109 cm³/mol. The fourth-order valence-electron chi connectivity index (χ4n) is 3.29. The van der Waals surface area contributed by atoms with Crippen molar-refractivity contribution >= 4 is 33.2 Å². The van der Waals surface area contributed by atoms with Crippen LogP contribution in [0.15, 0.2) is 36.4 Å². The number of fused-ring (bicyclic) bond motifs is 1. The fourth-order valence-corrected chi connectivity index (χ4v) is 3.99. The monoisotopic (exact) mass is 406 g/mol. The molecule has 0 heterocycles. The molecule has 1 N–H and O–H groups in total. The summed E-state index contributed by atoms with van der Waals surface area (Å²) in [6.07, 6.45) is 4.48. The Balaban J connectivity index is 1.81. The van der Waals surface area contributed by atoms with Crippen molar-refractivity contribution in [2.45, 2.75) is 32.2 Å². The Hall–Kier alpha value is -2.05. The number of halogens is 1. The Kier molecular flexibility index (Phi) is 5.49. The van der Waals surface area contributed by atoms with Gasteiger partial charge in [-0.2, -0.15) is 0 Å². The average Bonchev–Trinajstić information content (AvgIpc) is 3.08. The maximum Gasteiger partial charge on any atom is 0.253 e. The maximum atomic E-state index is 12.7. The molecule has 0 radical (unpaired) electrons. The van der Waals surface area contributed by atoms with E-state index in [2.05, 4.69) is 17.4 Å². The van der Waals surface area contributed by atoms with Crippen molar-refractivity contribution in [1.82, 2.24) is 5.32 Å². The van der Waals surface area contributed by atoms with Crippen molar-refractivity contribution in [1.29, 1.82) is 0 Å². The highest BCUT2D eigenvalue weighted by Gasteiger charge is 2.19. The highest BCUT2D eigenvalue weighted by atomic mass is 35.5. The Morgan fingerprint density at radius 3 is 2.56 bits per heavy atom. The molecule has 0 aliphatic heterocycles. The van der Waals surface area contributed by atoms with Crippen LogP contribution in [0.1, 0.15) is 46.4 Å². The number of nitrogens with one attached hydrogen (secondary N) is 1. The van der Waals surface area contributed by atoms with Crippen LogP contribution < -0.4 is 9.62 Å². The molecule has 27 heavy (non-hydrogen) atoms. The van der Waals surface area contributed by atoms with E-state index < -0.39 is 10.0 Å². The van der Waals surface area contributed by atoms with Crippen LogP contribution in [0, 0.1) is 0 Å². The molecule has 0 saturated carbocycles. The van der Waals surface area contributed by atoms with E-state index in [1.807, 2.05) is 13.0 Å². The second kappa shape index (κ2) is 7.52.